The number of halogens is 2. The maximum Gasteiger partial charge on any atom is 0.273 e. The van der Waals surface area contributed by atoms with Crippen molar-refractivity contribution < 1.29 is 13.6 Å². The number of thiazole rings is 1. The van der Waals surface area contributed by atoms with E-state index in [1.165, 1.54) is 6.07 Å². The molecule has 1 aromatic carbocycles. The van der Waals surface area contributed by atoms with Crippen LogP contribution in [-0.2, 0) is 0 Å². The maximum absolute atomic E-state index is 14.1. The number of carbonyl (C=O) groups is 1. The number of benzene rings is 1. The number of aromatic nitrogens is 1. The molecule has 1 amide bonds. The first kappa shape index (κ1) is 22.8. The van der Waals surface area contributed by atoms with E-state index in [4.69, 9.17) is 11.1 Å². The van der Waals surface area contributed by atoms with Gasteiger partial charge in [-0.25, -0.2) is 13.8 Å². The van der Waals surface area contributed by atoms with Crippen LogP contribution in [0.1, 0.15) is 23.8 Å². The van der Waals surface area contributed by atoms with Gasteiger partial charge >= 0.3 is 0 Å². The Balaban J connectivity index is 1.81. The van der Waals surface area contributed by atoms with Crippen LogP contribution in [0.4, 0.5) is 13.8 Å². The van der Waals surface area contributed by atoms with Crippen molar-refractivity contribution in [3.05, 3.63) is 35.5 Å². The van der Waals surface area contributed by atoms with E-state index in [1.54, 1.807) is 7.05 Å². The van der Waals surface area contributed by atoms with Crippen LogP contribution in [0.5, 0.6) is 0 Å². The van der Waals surface area contributed by atoms with Gasteiger partial charge in [-0.15, -0.1) is 0 Å². The summed E-state index contributed by atoms with van der Waals surface area (Å²) in [5.41, 5.74) is 5.46. The van der Waals surface area contributed by atoms with Crippen LogP contribution in [-0.4, -0.2) is 66.6 Å². The molecule has 11 heteroatoms. The van der Waals surface area contributed by atoms with Gasteiger partial charge in [0, 0.05) is 38.9 Å². The molecule has 31 heavy (non-hydrogen) atoms. The van der Waals surface area contributed by atoms with Crippen LogP contribution in [0.2, 0.25) is 0 Å². The van der Waals surface area contributed by atoms with E-state index < -0.39 is 23.6 Å². The molecule has 1 aliphatic rings. The number of amides is 1. The van der Waals surface area contributed by atoms with E-state index in [0.29, 0.717) is 18.4 Å². The highest BCUT2D eigenvalue weighted by molar-refractivity contribution is 7.19. The first-order valence-corrected chi connectivity index (χ1v) is 10.6. The zero-order valence-electron chi connectivity index (χ0n) is 17.3. The van der Waals surface area contributed by atoms with Crippen molar-refractivity contribution in [3.63, 3.8) is 0 Å². The highest BCUT2D eigenvalue weighted by atomic mass is 32.1. The third-order valence-electron chi connectivity index (χ3n) is 5.04. The smallest absolute Gasteiger partial charge is 0.273 e. The Kier molecular flexibility index (Phi) is 7.29. The highest BCUT2D eigenvalue weighted by Gasteiger charge is 2.27. The van der Waals surface area contributed by atoms with Crippen LogP contribution in [0.25, 0.3) is 10.6 Å². The second-order valence-corrected chi connectivity index (χ2v) is 8.19. The van der Waals surface area contributed by atoms with Crippen molar-refractivity contribution in [2.45, 2.75) is 25.4 Å². The number of hydrogen-bond acceptors (Lipinski definition) is 7. The Morgan fingerprint density at radius 2 is 2.16 bits per heavy atom. The molecule has 3 rings (SSSR count). The predicted octanol–water partition coefficient (Wildman–Crippen LogP) is 2.13. The largest absolute Gasteiger partial charge is 0.389 e. The Bertz CT molecular complexity index is 974. The van der Waals surface area contributed by atoms with Gasteiger partial charge in [-0.3, -0.25) is 9.79 Å². The van der Waals surface area contributed by atoms with Crippen LogP contribution >= 0.6 is 11.3 Å². The van der Waals surface area contributed by atoms with E-state index in [1.807, 2.05) is 4.90 Å². The normalized spacial score (nSPS) is 18.4. The van der Waals surface area contributed by atoms with Gasteiger partial charge in [-0.05, 0) is 25.5 Å². The quantitative estimate of drug-likeness (QED) is 0.412. The maximum atomic E-state index is 14.1. The summed E-state index contributed by atoms with van der Waals surface area (Å²) in [6.07, 6.45) is 1.98. The van der Waals surface area contributed by atoms with Gasteiger partial charge in [0.05, 0.1) is 5.56 Å². The lowest BCUT2D eigenvalue weighted by atomic mass is 10.2. The summed E-state index contributed by atoms with van der Waals surface area (Å²) in [6, 6.07) is 3.05. The molecule has 2 heterocycles. The molecular formula is C20H25F2N7OS. The molecule has 0 bridgehead atoms. The lowest BCUT2D eigenvalue weighted by Gasteiger charge is -2.28. The standard InChI is InChI=1S/C20H25F2N7OS/c1-11-6-8-29(9-7-26-11)18(25-2)14(10-23)27-19(30)16-17(24)31-20(28-16)15-12(21)4-3-5-13(15)22/h3-5,10-11,14,23,26H,6-9,24H2,1-2H3,(H,27,30). The summed E-state index contributed by atoms with van der Waals surface area (Å²) < 4.78 is 28.2. The lowest BCUT2D eigenvalue weighted by molar-refractivity contribution is 0.0949. The number of amidine groups is 1. The zero-order valence-corrected chi connectivity index (χ0v) is 18.1. The summed E-state index contributed by atoms with van der Waals surface area (Å²) >= 11 is 0.824. The van der Waals surface area contributed by atoms with Crippen LogP contribution in [0.3, 0.4) is 0 Å². The molecule has 8 nitrogen and oxygen atoms in total. The molecule has 1 aromatic heterocycles. The van der Waals surface area contributed by atoms with Crippen LogP contribution < -0.4 is 16.4 Å². The summed E-state index contributed by atoms with van der Waals surface area (Å²) in [5.74, 6) is -1.67. The fourth-order valence-corrected chi connectivity index (χ4v) is 4.29. The molecule has 2 unspecified atom stereocenters. The first-order chi connectivity index (χ1) is 14.8. The third kappa shape index (κ3) is 5.05. The number of rotatable bonds is 5. The number of carbonyl (C=O) groups excluding carboxylic acids is 1. The first-order valence-electron chi connectivity index (χ1n) is 9.82. The topological polar surface area (TPSA) is 119 Å². The molecule has 166 valence electrons. The lowest BCUT2D eigenvalue weighted by Crippen LogP contribution is -2.50. The van der Waals surface area contributed by atoms with Crippen molar-refractivity contribution in [1.82, 2.24) is 20.5 Å². The zero-order chi connectivity index (χ0) is 22.5. The van der Waals surface area contributed by atoms with E-state index in [9.17, 15) is 13.6 Å². The second-order valence-electron chi connectivity index (χ2n) is 7.16. The Labute approximate surface area is 183 Å². The monoisotopic (exact) mass is 449 g/mol. The van der Waals surface area contributed by atoms with Gasteiger partial charge in [0.1, 0.15) is 33.5 Å². The molecule has 0 radical (unpaired) electrons. The molecule has 1 fully saturated rings. The Morgan fingerprint density at radius 3 is 2.81 bits per heavy atom. The molecule has 1 aliphatic heterocycles. The van der Waals surface area contributed by atoms with E-state index in [-0.39, 0.29) is 21.3 Å². The van der Waals surface area contributed by atoms with E-state index in [2.05, 4.69) is 27.5 Å². The van der Waals surface area contributed by atoms with Crippen molar-refractivity contribution in [3.8, 4) is 10.6 Å². The number of anilines is 1. The Morgan fingerprint density at radius 1 is 1.45 bits per heavy atom. The van der Waals surface area contributed by atoms with Crippen molar-refractivity contribution in [2.24, 2.45) is 4.99 Å². The minimum atomic E-state index is -0.791. The molecule has 2 aromatic rings. The fourth-order valence-electron chi connectivity index (χ4n) is 3.41. The summed E-state index contributed by atoms with van der Waals surface area (Å²) in [5, 5.41) is 13.9. The minimum Gasteiger partial charge on any atom is -0.389 e. The molecule has 2 atom stereocenters. The van der Waals surface area contributed by atoms with Crippen molar-refractivity contribution in [1.29, 1.82) is 5.41 Å². The van der Waals surface area contributed by atoms with Crippen LogP contribution in [0.15, 0.2) is 23.2 Å². The van der Waals surface area contributed by atoms with Gasteiger partial charge in [0.15, 0.2) is 5.69 Å². The molecule has 0 saturated carbocycles. The van der Waals surface area contributed by atoms with Gasteiger partial charge in [0.25, 0.3) is 5.91 Å². The average Bonchev–Trinajstić information content (AvgIpc) is 2.98. The van der Waals surface area contributed by atoms with E-state index in [0.717, 1.165) is 49.2 Å². The molecule has 1 saturated heterocycles. The molecule has 0 spiro atoms. The van der Waals surface area contributed by atoms with Gasteiger partial charge in [-0.2, -0.15) is 0 Å². The second kappa shape index (κ2) is 9.92. The third-order valence-corrected chi connectivity index (χ3v) is 5.94. The number of nitrogens with zero attached hydrogens (tertiary/aromatic N) is 3. The van der Waals surface area contributed by atoms with E-state index >= 15 is 0 Å². The highest BCUT2D eigenvalue weighted by Crippen LogP contribution is 2.33. The summed E-state index contributed by atoms with van der Waals surface area (Å²) in [4.78, 5) is 23.2. The van der Waals surface area contributed by atoms with Crippen molar-refractivity contribution in [2.75, 3.05) is 32.4 Å². The summed E-state index contributed by atoms with van der Waals surface area (Å²) in [6.45, 7) is 4.28. The van der Waals surface area contributed by atoms with Crippen molar-refractivity contribution >= 4 is 34.3 Å². The molecule has 0 aliphatic carbocycles. The van der Waals surface area contributed by atoms with Gasteiger partial charge in [-0.1, -0.05) is 17.4 Å². The minimum absolute atomic E-state index is 0.0263. The van der Waals surface area contributed by atoms with Crippen LogP contribution in [0, 0.1) is 17.0 Å². The summed E-state index contributed by atoms with van der Waals surface area (Å²) in [7, 11) is 1.61. The fraction of sp³-hybridized carbons (Fsp3) is 0.400. The number of aliphatic imine (C=N–C) groups is 1. The van der Waals surface area contributed by atoms with Gasteiger partial charge < -0.3 is 26.7 Å². The molecular weight excluding hydrogens is 424 g/mol. The number of hydrogen-bond donors (Lipinski definition) is 4. The number of nitrogens with two attached hydrogens (primary N) is 1. The number of nitrogens with one attached hydrogen (secondary N) is 3. The Hall–Kier alpha value is -2.92. The van der Waals surface area contributed by atoms with Gasteiger partial charge in [0.2, 0.25) is 0 Å². The average molecular weight is 450 g/mol. The number of nitrogen functional groups attached to an aromatic ring is 1. The predicted molar refractivity (Wildman–Crippen MR) is 119 cm³/mol. The molecule has 5 N–H and O–H groups in total. The SMILES string of the molecule is CN=C(C(C=N)NC(=O)c1nc(-c2c(F)cccc2F)sc1N)N1CCNC(C)CC1.